The van der Waals surface area contributed by atoms with Crippen LogP contribution >= 0.6 is 0 Å². The fraction of sp³-hybridized carbons (Fsp3) is 0.677. The van der Waals surface area contributed by atoms with Crippen molar-refractivity contribution in [1.82, 2.24) is 15.5 Å². The fourth-order valence-electron chi connectivity index (χ4n) is 4.43. The molecule has 10 heteroatoms. The lowest BCUT2D eigenvalue weighted by Crippen LogP contribution is -2.53. The molecule has 0 saturated carbocycles. The zero-order valence-corrected chi connectivity index (χ0v) is 25.9. The van der Waals surface area contributed by atoms with Gasteiger partial charge in [0.15, 0.2) is 0 Å². The van der Waals surface area contributed by atoms with Gasteiger partial charge in [-0.3, -0.25) is 14.4 Å². The fourth-order valence-corrected chi connectivity index (χ4v) is 4.43. The van der Waals surface area contributed by atoms with Crippen molar-refractivity contribution in [3.63, 3.8) is 0 Å². The number of nitrogens with one attached hydrogen (secondary N) is 2. The number of benzene rings is 1. The Bertz CT molecular complexity index is 991. The van der Waals surface area contributed by atoms with E-state index in [1.807, 2.05) is 6.92 Å². The molecule has 5 N–H and O–H groups in total. The highest BCUT2D eigenvalue weighted by Crippen LogP contribution is 2.28. The maximum Gasteiger partial charge on any atom is 0.408 e. The van der Waals surface area contributed by atoms with Crippen molar-refractivity contribution in [1.29, 1.82) is 0 Å². The second-order valence-corrected chi connectivity index (χ2v) is 11.6. The summed E-state index contributed by atoms with van der Waals surface area (Å²) in [6, 6.07) is 2.69. The van der Waals surface area contributed by atoms with Gasteiger partial charge in [-0.15, -0.1) is 0 Å². The Hall–Kier alpha value is -3.30. The third-order valence-electron chi connectivity index (χ3n) is 6.63. The number of unbranched alkanes of at least 4 members (excludes halogenated alkanes) is 6. The number of carbonyl (C=O) groups excluding carboxylic acids is 4. The lowest BCUT2D eigenvalue weighted by atomic mass is 9.98. The summed E-state index contributed by atoms with van der Waals surface area (Å²) in [6.45, 7) is 11.7. The molecule has 0 spiro atoms. The number of amides is 4. The Labute approximate surface area is 245 Å². The van der Waals surface area contributed by atoms with E-state index in [2.05, 4.69) is 17.6 Å². The first-order valence-electron chi connectivity index (χ1n) is 15.0. The number of phenolic OH excluding ortho intramolecular Hbond substituents is 1. The summed E-state index contributed by atoms with van der Waals surface area (Å²) >= 11 is 0. The molecule has 4 amide bonds. The molecule has 0 saturated heterocycles. The van der Waals surface area contributed by atoms with E-state index >= 15 is 0 Å². The van der Waals surface area contributed by atoms with Crippen molar-refractivity contribution in [2.24, 2.45) is 5.73 Å². The highest BCUT2D eigenvalue weighted by molar-refractivity contribution is 5.92. The molecule has 1 rings (SSSR count). The molecule has 1 aromatic carbocycles. The maximum atomic E-state index is 14.2. The molecule has 0 heterocycles. The molecule has 0 radical (unpaired) electrons. The van der Waals surface area contributed by atoms with Crippen molar-refractivity contribution in [3.05, 3.63) is 29.3 Å². The Morgan fingerprint density at radius 1 is 1.00 bits per heavy atom. The molecule has 0 bridgehead atoms. The molecule has 2 unspecified atom stereocenters. The van der Waals surface area contributed by atoms with Crippen molar-refractivity contribution >= 4 is 23.8 Å². The number of primary amides is 1. The summed E-state index contributed by atoms with van der Waals surface area (Å²) in [4.78, 5) is 53.7. The standard InChI is InChI=1S/C31H52N4O6/c1-7-9-11-12-13-14-20-35(29(39)24(16-18-26(32)37)34-30(40)41-31(4,5)6)27(28(38)33-19-10-8-2)23-15-17-25(36)22(3)21-23/h15,17,21,24,27,36H,7-14,16,18-20H2,1-6H3,(H2,32,37)(H,33,38)(H,34,40). The molecule has 0 aliphatic heterocycles. The van der Waals surface area contributed by atoms with Crippen LogP contribution in [0.5, 0.6) is 5.75 Å². The van der Waals surface area contributed by atoms with Crippen LogP contribution in [0.2, 0.25) is 0 Å². The van der Waals surface area contributed by atoms with E-state index in [0.29, 0.717) is 24.1 Å². The predicted octanol–water partition coefficient (Wildman–Crippen LogP) is 5.01. The molecule has 10 nitrogen and oxygen atoms in total. The van der Waals surface area contributed by atoms with Gasteiger partial charge in [-0.25, -0.2) is 4.79 Å². The van der Waals surface area contributed by atoms with Crippen LogP contribution in [0.1, 0.15) is 116 Å². The highest BCUT2D eigenvalue weighted by atomic mass is 16.6. The zero-order chi connectivity index (χ0) is 31.0. The van der Waals surface area contributed by atoms with Crippen LogP contribution < -0.4 is 16.4 Å². The van der Waals surface area contributed by atoms with E-state index in [1.54, 1.807) is 39.8 Å². The largest absolute Gasteiger partial charge is 0.508 e. The molecule has 232 valence electrons. The van der Waals surface area contributed by atoms with Crippen LogP contribution in [-0.2, 0) is 19.1 Å². The minimum absolute atomic E-state index is 0.0425. The van der Waals surface area contributed by atoms with Crippen LogP contribution in [0, 0.1) is 6.92 Å². The van der Waals surface area contributed by atoms with Gasteiger partial charge in [0, 0.05) is 19.5 Å². The van der Waals surface area contributed by atoms with E-state index in [4.69, 9.17) is 10.5 Å². The molecule has 1 aromatic rings. The summed E-state index contributed by atoms with van der Waals surface area (Å²) in [5.41, 5.74) is 5.70. The van der Waals surface area contributed by atoms with Crippen LogP contribution in [0.15, 0.2) is 18.2 Å². The summed E-state index contributed by atoms with van der Waals surface area (Å²) in [7, 11) is 0. The second kappa shape index (κ2) is 18.2. The average molecular weight is 577 g/mol. The molecule has 0 aromatic heterocycles. The van der Waals surface area contributed by atoms with E-state index in [-0.39, 0.29) is 31.0 Å². The van der Waals surface area contributed by atoms with Crippen molar-refractivity contribution in [2.75, 3.05) is 13.1 Å². The third-order valence-corrected chi connectivity index (χ3v) is 6.63. The van der Waals surface area contributed by atoms with Gasteiger partial charge in [0.25, 0.3) is 0 Å². The van der Waals surface area contributed by atoms with Crippen molar-refractivity contribution < 1.29 is 29.0 Å². The van der Waals surface area contributed by atoms with E-state index in [0.717, 1.165) is 44.9 Å². The molecule has 0 fully saturated rings. The van der Waals surface area contributed by atoms with E-state index in [1.165, 1.54) is 11.0 Å². The first kappa shape index (κ1) is 35.7. The number of hydrogen-bond acceptors (Lipinski definition) is 6. The number of ether oxygens (including phenoxy) is 1. The molecule has 0 aliphatic rings. The number of hydrogen-bond donors (Lipinski definition) is 4. The summed E-state index contributed by atoms with van der Waals surface area (Å²) < 4.78 is 5.38. The lowest BCUT2D eigenvalue weighted by Gasteiger charge is -2.35. The zero-order valence-electron chi connectivity index (χ0n) is 25.9. The van der Waals surface area contributed by atoms with Crippen LogP contribution in [0.25, 0.3) is 0 Å². The first-order chi connectivity index (χ1) is 19.3. The summed E-state index contributed by atoms with van der Waals surface area (Å²) in [5, 5.41) is 15.7. The average Bonchev–Trinajstić information content (AvgIpc) is 2.88. The van der Waals surface area contributed by atoms with Gasteiger partial charge >= 0.3 is 6.09 Å². The second-order valence-electron chi connectivity index (χ2n) is 11.6. The number of nitrogens with zero attached hydrogens (tertiary/aromatic N) is 1. The van der Waals surface area contributed by atoms with Gasteiger partial charge in [0.05, 0.1) is 0 Å². The number of aromatic hydroxyl groups is 1. The quantitative estimate of drug-likeness (QED) is 0.180. The van der Waals surface area contributed by atoms with Crippen LogP contribution in [-0.4, -0.2) is 58.6 Å². The maximum absolute atomic E-state index is 14.2. The normalized spacial score (nSPS) is 12.7. The Morgan fingerprint density at radius 2 is 1.63 bits per heavy atom. The highest BCUT2D eigenvalue weighted by Gasteiger charge is 2.36. The number of aryl methyl sites for hydroxylation is 1. The van der Waals surface area contributed by atoms with Gasteiger partial charge in [0.2, 0.25) is 17.7 Å². The first-order valence-corrected chi connectivity index (χ1v) is 15.0. The van der Waals surface area contributed by atoms with Gasteiger partial charge in [-0.1, -0.05) is 58.4 Å². The summed E-state index contributed by atoms with van der Waals surface area (Å²) in [5.74, 6) is -1.39. The van der Waals surface area contributed by atoms with Gasteiger partial charge in [0.1, 0.15) is 23.4 Å². The number of rotatable bonds is 18. The Kier molecular flexibility index (Phi) is 15.9. The van der Waals surface area contributed by atoms with Crippen molar-refractivity contribution in [3.8, 4) is 5.75 Å². The Morgan fingerprint density at radius 3 is 2.22 bits per heavy atom. The van der Waals surface area contributed by atoms with E-state index in [9.17, 15) is 24.3 Å². The molecule has 0 aliphatic carbocycles. The number of phenols is 1. The number of alkyl carbamates (subject to hydrolysis) is 1. The Balaban J connectivity index is 3.49. The summed E-state index contributed by atoms with van der Waals surface area (Å²) in [6.07, 6.45) is 6.54. The monoisotopic (exact) mass is 576 g/mol. The number of nitrogens with two attached hydrogens (primary N) is 1. The van der Waals surface area contributed by atoms with E-state index < -0.39 is 35.6 Å². The third kappa shape index (κ3) is 13.7. The number of carbonyl (C=O) groups is 4. The van der Waals surface area contributed by atoms with Gasteiger partial charge in [-0.2, -0.15) is 0 Å². The smallest absolute Gasteiger partial charge is 0.408 e. The van der Waals surface area contributed by atoms with Gasteiger partial charge in [-0.05, 0) is 70.2 Å². The van der Waals surface area contributed by atoms with Gasteiger partial charge < -0.3 is 31.1 Å². The molecule has 41 heavy (non-hydrogen) atoms. The van der Waals surface area contributed by atoms with Crippen LogP contribution in [0.4, 0.5) is 4.79 Å². The lowest BCUT2D eigenvalue weighted by molar-refractivity contribution is -0.142. The molecular formula is C31H52N4O6. The van der Waals surface area contributed by atoms with Crippen molar-refractivity contribution in [2.45, 2.75) is 123 Å². The minimum atomic E-state index is -1.14. The predicted molar refractivity (Wildman–Crippen MR) is 160 cm³/mol. The topological polar surface area (TPSA) is 151 Å². The molecular weight excluding hydrogens is 524 g/mol. The minimum Gasteiger partial charge on any atom is -0.508 e. The SMILES string of the molecule is CCCCCCCCN(C(=O)C(CCC(N)=O)NC(=O)OC(C)(C)C)C(C(=O)NCCCC)c1ccc(O)c(C)c1. The molecule has 2 atom stereocenters. The van der Waals surface area contributed by atoms with Crippen LogP contribution in [0.3, 0.4) is 0 Å².